The molecule has 168 valence electrons. The van der Waals surface area contributed by atoms with Crippen molar-refractivity contribution in [2.75, 3.05) is 5.32 Å². The van der Waals surface area contributed by atoms with Crippen molar-refractivity contribution in [3.63, 3.8) is 0 Å². The Morgan fingerprint density at radius 3 is 2.38 bits per heavy atom. The molecule has 2 N–H and O–H groups in total. The number of benzene rings is 2. The molecule has 1 aromatic heterocycles. The van der Waals surface area contributed by atoms with E-state index in [2.05, 4.69) is 15.4 Å². The van der Waals surface area contributed by atoms with Crippen molar-refractivity contribution in [3.05, 3.63) is 80.9 Å². The summed E-state index contributed by atoms with van der Waals surface area (Å²) in [5, 5.41) is 5.90. The minimum atomic E-state index is -2.91. The first-order chi connectivity index (χ1) is 15.1. The second-order valence-corrected chi connectivity index (χ2v) is 8.30. The largest absolute Gasteiger partial charge is 0.435 e. The fraction of sp³-hybridized carbons (Fsp3) is 0.182. The Bertz CT molecular complexity index is 1140. The summed E-state index contributed by atoms with van der Waals surface area (Å²) in [5.74, 6) is -1.41. The van der Waals surface area contributed by atoms with Crippen LogP contribution in [0.25, 0.3) is 0 Å². The van der Waals surface area contributed by atoms with Crippen LogP contribution in [0.2, 0.25) is 5.02 Å². The van der Waals surface area contributed by atoms with E-state index in [1.165, 1.54) is 18.2 Å². The Balaban J connectivity index is 1.67. The van der Waals surface area contributed by atoms with Gasteiger partial charge in [0.1, 0.15) is 11.6 Å². The van der Waals surface area contributed by atoms with Gasteiger partial charge in [0.05, 0.1) is 26.5 Å². The third-order valence-corrected chi connectivity index (χ3v) is 5.95. The lowest BCUT2D eigenvalue weighted by molar-refractivity contribution is -0.0498. The Hall–Kier alpha value is -3.04. The first-order valence-electron chi connectivity index (χ1n) is 9.36. The third-order valence-electron chi connectivity index (χ3n) is 4.49. The Labute approximate surface area is 191 Å². The molecular weight excluding hydrogens is 465 g/mol. The average Bonchev–Trinajstić information content (AvgIpc) is 3.08. The lowest BCUT2D eigenvalue weighted by Crippen LogP contribution is -2.26. The van der Waals surface area contributed by atoms with E-state index < -0.39 is 24.4 Å². The van der Waals surface area contributed by atoms with Gasteiger partial charge in [-0.2, -0.15) is 8.78 Å². The van der Waals surface area contributed by atoms with E-state index in [1.54, 1.807) is 32.0 Å². The van der Waals surface area contributed by atoms with Gasteiger partial charge >= 0.3 is 6.61 Å². The molecule has 1 atom stereocenters. The molecule has 0 saturated carbocycles. The quantitative estimate of drug-likeness (QED) is 0.421. The molecule has 0 saturated heterocycles. The van der Waals surface area contributed by atoms with Crippen LogP contribution in [0.5, 0.6) is 5.75 Å². The van der Waals surface area contributed by atoms with E-state index in [-0.39, 0.29) is 22.2 Å². The minimum Gasteiger partial charge on any atom is -0.435 e. The van der Waals surface area contributed by atoms with Crippen molar-refractivity contribution < 1.29 is 27.5 Å². The molecule has 2 aromatic carbocycles. The number of ether oxygens (including phenoxy) is 1. The predicted octanol–water partition coefficient (Wildman–Crippen LogP) is 6.19. The number of alkyl halides is 2. The van der Waals surface area contributed by atoms with Crippen LogP contribution in [0.4, 0.5) is 18.2 Å². The molecule has 3 aromatic rings. The van der Waals surface area contributed by atoms with Gasteiger partial charge in [0.2, 0.25) is 0 Å². The van der Waals surface area contributed by atoms with Gasteiger partial charge in [-0.1, -0.05) is 23.7 Å². The van der Waals surface area contributed by atoms with E-state index in [9.17, 15) is 22.8 Å². The highest BCUT2D eigenvalue weighted by Gasteiger charge is 2.19. The van der Waals surface area contributed by atoms with Crippen LogP contribution >= 0.6 is 22.9 Å². The maximum atomic E-state index is 13.2. The molecule has 0 aliphatic rings. The number of anilines is 1. The fourth-order valence-electron chi connectivity index (χ4n) is 2.91. The minimum absolute atomic E-state index is 0.0208. The van der Waals surface area contributed by atoms with Gasteiger partial charge in [-0.3, -0.25) is 9.59 Å². The fourth-order valence-corrected chi connectivity index (χ4v) is 4.13. The molecule has 1 heterocycles. The molecule has 2 amide bonds. The summed E-state index contributed by atoms with van der Waals surface area (Å²) >= 11 is 7.00. The zero-order valence-corrected chi connectivity index (χ0v) is 18.5. The van der Waals surface area contributed by atoms with Crippen LogP contribution in [0.3, 0.4) is 0 Å². The van der Waals surface area contributed by atoms with Crippen molar-refractivity contribution in [2.45, 2.75) is 26.5 Å². The number of halogens is 4. The monoisotopic (exact) mass is 482 g/mol. The predicted molar refractivity (Wildman–Crippen MR) is 117 cm³/mol. The molecule has 0 fully saturated rings. The van der Waals surface area contributed by atoms with Crippen LogP contribution in [-0.2, 0) is 0 Å². The van der Waals surface area contributed by atoms with Gasteiger partial charge in [-0.05, 0) is 61.4 Å². The van der Waals surface area contributed by atoms with E-state index >= 15 is 0 Å². The normalized spacial score (nSPS) is 11.8. The van der Waals surface area contributed by atoms with Crippen molar-refractivity contribution in [2.24, 2.45) is 0 Å². The molecule has 5 nitrogen and oxygen atoms in total. The number of hydrogen-bond acceptors (Lipinski definition) is 4. The van der Waals surface area contributed by atoms with Gasteiger partial charge in [-0.25, -0.2) is 4.39 Å². The van der Waals surface area contributed by atoms with Crippen LogP contribution in [0, 0.1) is 12.7 Å². The van der Waals surface area contributed by atoms with Crippen LogP contribution in [0.1, 0.15) is 44.1 Å². The highest BCUT2D eigenvalue weighted by Crippen LogP contribution is 2.29. The molecule has 0 bridgehead atoms. The average molecular weight is 483 g/mol. The smallest absolute Gasteiger partial charge is 0.387 e. The first-order valence-corrected chi connectivity index (χ1v) is 10.6. The molecule has 3 rings (SSSR count). The number of carbonyl (C=O) groups is 2. The molecule has 0 aliphatic heterocycles. The molecule has 32 heavy (non-hydrogen) atoms. The van der Waals surface area contributed by atoms with E-state index in [0.29, 0.717) is 21.0 Å². The first kappa shape index (κ1) is 23.6. The van der Waals surface area contributed by atoms with Crippen LogP contribution < -0.4 is 15.4 Å². The lowest BCUT2D eigenvalue weighted by Gasteiger charge is -2.15. The number of nitrogens with one attached hydrogen (secondary N) is 2. The second kappa shape index (κ2) is 10.1. The summed E-state index contributed by atoms with van der Waals surface area (Å²) < 4.78 is 42.0. The Morgan fingerprint density at radius 1 is 1.06 bits per heavy atom. The van der Waals surface area contributed by atoms with E-state index in [1.807, 2.05) is 0 Å². The van der Waals surface area contributed by atoms with Gasteiger partial charge in [0, 0.05) is 0 Å². The SMILES string of the molecule is Cc1cc(NC(=O)c2ccc(F)cc2Cl)sc1C(=O)NC(C)c1ccc(OC(F)F)cc1. The summed E-state index contributed by atoms with van der Waals surface area (Å²) in [6, 6.07) is 10.7. The summed E-state index contributed by atoms with van der Waals surface area (Å²) in [4.78, 5) is 25.5. The molecule has 0 spiro atoms. The van der Waals surface area contributed by atoms with Gasteiger partial charge in [0.25, 0.3) is 11.8 Å². The summed E-state index contributed by atoms with van der Waals surface area (Å²) in [7, 11) is 0. The van der Waals surface area contributed by atoms with Crippen molar-refractivity contribution in [1.82, 2.24) is 5.32 Å². The highest BCUT2D eigenvalue weighted by atomic mass is 35.5. The molecule has 10 heteroatoms. The zero-order chi connectivity index (χ0) is 23.4. The second-order valence-electron chi connectivity index (χ2n) is 6.84. The van der Waals surface area contributed by atoms with Crippen molar-refractivity contribution in [1.29, 1.82) is 0 Å². The molecule has 0 radical (unpaired) electrons. The van der Waals surface area contributed by atoms with Crippen LogP contribution in [0.15, 0.2) is 48.5 Å². The van der Waals surface area contributed by atoms with E-state index in [4.69, 9.17) is 11.6 Å². The number of carbonyl (C=O) groups excluding carboxylic acids is 2. The third kappa shape index (κ3) is 5.80. The van der Waals surface area contributed by atoms with Gasteiger partial charge < -0.3 is 15.4 Å². The maximum Gasteiger partial charge on any atom is 0.387 e. The summed E-state index contributed by atoms with van der Waals surface area (Å²) in [5.41, 5.74) is 1.47. The van der Waals surface area contributed by atoms with Gasteiger partial charge in [0.15, 0.2) is 0 Å². The van der Waals surface area contributed by atoms with Gasteiger partial charge in [-0.15, -0.1) is 11.3 Å². The molecule has 0 aliphatic carbocycles. The van der Waals surface area contributed by atoms with Crippen molar-refractivity contribution in [3.8, 4) is 5.75 Å². The van der Waals surface area contributed by atoms with Crippen LogP contribution in [-0.4, -0.2) is 18.4 Å². The number of amides is 2. The number of aryl methyl sites for hydroxylation is 1. The van der Waals surface area contributed by atoms with E-state index in [0.717, 1.165) is 23.5 Å². The van der Waals surface area contributed by atoms with Crippen molar-refractivity contribution >= 4 is 39.8 Å². The Morgan fingerprint density at radius 2 is 1.75 bits per heavy atom. The topological polar surface area (TPSA) is 67.4 Å². The Kier molecular flexibility index (Phi) is 7.42. The lowest BCUT2D eigenvalue weighted by atomic mass is 10.1. The number of rotatable bonds is 7. The highest BCUT2D eigenvalue weighted by molar-refractivity contribution is 7.18. The summed E-state index contributed by atoms with van der Waals surface area (Å²) in [6.45, 7) is 0.574. The maximum absolute atomic E-state index is 13.2. The zero-order valence-electron chi connectivity index (χ0n) is 16.9. The number of thiophene rings is 1. The number of hydrogen-bond donors (Lipinski definition) is 2. The summed E-state index contributed by atoms with van der Waals surface area (Å²) in [6.07, 6.45) is 0. The molecule has 1 unspecified atom stereocenters. The molecular formula is C22H18ClF3N2O3S. The standard InChI is InChI=1S/C22H18ClF3N2O3S/c1-11-9-18(28-20(29)16-8-5-14(24)10-17(16)23)32-19(11)21(30)27-12(2)13-3-6-15(7-4-13)31-22(25)26/h3-10,12,22H,1-2H3,(H,27,30)(H,28,29).